The zero-order chi connectivity index (χ0) is 20.3. The summed E-state index contributed by atoms with van der Waals surface area (Å²) in [5.74, 6) is -0.885. The maximum Gasteiger partial charge on any atom is 0.263 e. The standard InChI is InChI=1S/C21H23FN2O4/c1-3-28-19-10-14(19)9-18(25)15-8-17(20(26)23-2)21(27)24(12-15)11-13-4-6-16(22)7-5-13/h4-8,12,14,19H,3,9-11H2,1-2H3,(H,23,26)/t14-,19-/m1/s1. The SMILES string of the molecule is CCO[C@@H]1C[C@H]1CC(=O)c1cc(C(=O)NC)c(=O)n(Cc2ccc(F)cc2)c1. The number of Topliss-reactive ketones (excluding diaryl/α,β-unsaturated/α-hetero) is 1. The Morgan fingerprint density at radius 3 is 2.64 bits per heavy atom. The summed E-state index contributed by atoms with van der Waals surface area (Å²) in [5, 5.41) is 2.43. The van der Waals surface area contributed by atoms with Crippen LogP contribution in [0.4, 0.5) is 4.39 Å². The van der Waals surface area contributed by atoms with Crippen molar-refractivity contribution in [1.82, 2.24) is 9.88 Å². The van der Waals surface area contributed by atoms with Crippen LogP contribution in [0.25, 0.3) is 0 Å². The Hall–Kier alpha value is -2.80. The molecule has 1 heterocycles. The van der Waals surface area contributed by atoms with Crippen molar-refractivity contribution >= 4 is 11.7 Å². The smallest absolute Gasteiger partial charge is 0.263 e. The fourth-order valence-corrected chi connectivity index (χ4v) is 3.20. The Morgan fingerprint density at radius 2 is 2.00 bits per heavy atom. The van der Waals surface area contributed by atoms with E-state index in [1.807, 2.05) is 6.92 Å². The molecule has 28 heavy (non-hydrogen) atoms. The summed E-state index contributed by atoms with van der Waals surface area (Å²) in [4.78, 5) is 37.5. The van der Waals surface area contributed by atoms with Gasteiger partial charge in [0.25, 0.3) is 11.5 Å². The lowest BCUT2D eigenvalue weighted by Crippen LogP contribution is -2.32. The summed E-state index contributed by atoms with van der Waals surface area (Å²) < 4.78 is 20.0. The molecule has 0 saturated heterocycles. The van der Waals surface area contributed by atoms with Crippen LogP contribution in [0.2, 0.25) is 0 Å². The molecule has 1 aromatic heterocycles. The lowest BCUT2D eigenvalue weighted by atomic mass is 10.0. The number of nitrogens with zero attached hydrogens (tertiary/aromatic N) is 1. The van der Waals surface area contributed by atoms with E-state index in [4.69, 9.17) is 4.74 Å². The molecular formula is C21H23FN2O4. The van der Waals surface area contributed by atoms with Crippen LogP contribution in [0.5, 0.6) is 0 Å². The molecule has 0 spiro atoms. The van der Waals surface area contributed by atoms with E-state index in [0.29, 0.717) is 24.2 Å². The van der Waals surface area contributed by atoms with Crippen molar-refractivity contribution in [3.05, 3.63) is 69.4 Å². The first-order chi connectivity index (χ1) is 13.4. The Morgan fingerprint density at radius 1 is 1.29 bits per heavy atom. The number of benzene rings is 1. The van der Waals surface area contributed by atoms with Crippen molar-refractivity contribution in [2.75, 3.05) is 13.7 Å². The van der Waals surface area contributed by atoms with Gasteiger partial charge in [0.2, 0.25) is 0 Å². The van der Waals surface area contributed by atoms with Gasteiger partial charge in [0.1, 0.15) is 11.4 Å². The maximum absolute atomic E-state index is 13.1. The zero-order valence-electron chi connectivity index (χ0n) is 15.9. The number of ether oxygens (including phenoxy) is 1. The Kier molecular flexibility index (Phi) is 6.04. The average molecular weight is 386 g/mol. The summed E-state index contributed by atoms with van der Waals surface area (Å²) in [5.41, 5.74) is 0.406. The van der Waals surface area contributed by atoms with E-state index in [-0.39, 0.29) is 35.7 Å². The van der Waals surface area contributed by atoms with Crippen LogP contribution in [0.3, 0.4) is 0 Å². The van der Waals surface area contributed by atoms with E-state index < -0.39 is 11.5 Å². The number of amides is 1. The number of pyridine rings is 1. The fourth-order valence-electron chi connectivity index (χ4n) is 3.20. The summed E-state index contributed by atoms with van der Waals surface area (Å²) in [6.07, 6.45) is 2.74. The molecule has 0 aliphatic heterocycles. The third-order valence-electron chi connectivity index (χ3n) is 4.83. The molecule has 1 saturated carbocycles. The van der Waals surface area contributed by atoms with E-state index in [0.717, 1.165) is 6.42 Å². The Bertz CT molecular complexity index is 936. The first-order valence-corrected chi connectivity index (χ1v) is 9.28. The van der Waals surface area contributed by atoms with Crippen molar-refractivity contribution in [3.8, 4) is 0 Å². The van der Waals surface area contributed by atoms with Gasteiger partial charge in [-0.15, -0.1) is 0 Å². The predicted octanol–water partition coefficient (Wildman–Crippen LogP) is 2.39. The predicted molar refractivity (Wildman–Crippen MR) is 102 cm³/mol. The molecule has 148 valence electrons. The number of carbonyl (C=O) groups excluding carboxylic acids is 2. The van der Waals surface area contributed by atoms with Gasteiger partial charge in [-0.3, -0.25) is 14.4 Å². The number of halogens is 1. The van der Waals surface area contributed by atoms with Gasteiger partial charge >= 0.3 is 0 Å². The highest BCUT2D eigenvalue weighted by Gasteiger charge is 2.39. The normalized spacial score (nSPS) is 18.0. The lowest BCUT2D eigenvalue weighted by molar-refractivity contribution is 0.0931. The van der Waals surface area contributed by atoms with Crippen LogP contribution in [-0.2, 0) is 11.3 Å². The highest BCUT2D eigenvalue weighted by Crippen LogP contribution is 2.37. The molecule has 1 aliphatic carbocycles. The Labute approximate surface area is 162 Å². The van der Waals surface area contributed by atoms with E-state index >= 15 is 0 Å². The van der Waals surface area contributed by atoms with Crippen LogP contribution in [0.1, 0.15) is 46.0 Å². The molecule has 1 aliphatic rings. The minimum Gasteiger partial charge on any atom is -0.378 e. The number of rotatable bonds is 8. The topological polar surface area (TPSA) is 77.4 Å². The number of ketones is 1. The van der Waals surface area contributed by atoms with Crippen molar-refractivity contribution in [2.24, 2.45) is 5.92 Å². The highest BCUT2D eigenvalue weighted by atomic mass is 19.1. The first kappa shape index (κ1) is 19.9. The molecule has 1 aromatic carbocycles. The second kappa shape index (κ2) is 8.48. The van der Waals surface area contributed by atoms with Gasteiger partial charge in [0.15, 0.2) is 5.78 Å². The van der Waals surface area contributed by atoms with Gasteiger partial charge in [-0.25, -0.2) is 4.39 Å². The summed E-state index contributed by atoms with van der Waals surface area (Å²) in [7, 11) is 1.43. The molecular weight excluding hydrogens is 363 g/mol. The molecule has 1 N–H and O–H groups in total. The molecule has 6 nitrogen and oxygen atoms in total. The van der Waals surface area contributed by atoms with Crippen molar-refractivity contribution < 1.29 is 18.7 Å². The minimum absolute atomic E-state index is 0.0902. The molecule has 2 aromatic rings. The van der Waals surface area contributed by atoms with Gasteiger partial charge in [-0.05, 0) is 43.0 Å². The monoisotopic (exact) mass is 386 g/mol. The third kappa shape index (κ3) is 4.54. The van der Waals surface area contributed by atoms with Gasteiger partial charge in [-0.2, -0.15) is 0 Å². The van der Waals surface area contributed by atoms with Gasteiger partial charge in [-0.1, -0.05) is 12.1 Å². The van der Waals surface area contributed by atoms with Crippen molar-refractivity contribution in [1.29, 1.82) is 0 Å². The third-order valence-corrected chi connectivity index (χ3v) is 4.83. The number of carbonyl (C=O) groups is 2. The van der Waals surface area contributed by atoms with Crippen molar-refractivity contribution in [3.63, 3.8) is 0 Å². The van der Waals surface area contributed by atoms with Gasteiger partial charge < -0.3 is 14.6 Å². The van der Waals surface area contributed by atoms with Gasteiger partial charge in [0.05, 0.1) is 12.6 Å². The van der Waals surface area contributed by atoms with Crippen LogP contribution in [0.15, 0.2) is 41.3 Å². The van der Waals surface area contributed by atoms with E-state index in [1.165, 1.54) is 36.0 Å². The molecule has 1 fully saturated rings. The summed E-state index contributed by atoms with van der Waals surface area (Å²) >= 11 is 0. The molecule has 3 rings (SSSR count). The molecule has 0 bridgehead atoms. The summed E-state index contributed by atoms with van der Waals surface area (Å²) in [6.45, 7) is 2.66. The number of hydrogen-bond donors (Lipinski definition) is 1. The Balaban J connectivity index is 1.89. The van der Waals surface area contributed by atoms with E-state index in [9.17, 15) is 18.8 Å². The van der Waals surface area contributed by atoms with Crippen LogP contribution in [0, 0.1) is 11.7 Å². The van der Waals surface area contributed by atoms with Crippen LogP contribution < -0.4 is 10.9 Å². The largest absolute Gasteiger partial charge is 0.378 e. The number of nitrogens with one attached hydrogen (secondary N) is 1. The molecule has 0 unspecified atom stereocenters. The fraction of sp³-hybridized carbons (Fsp3) is 0.381. The second-order valence-electron chi connectivity index (χ2n) is 6.90. The minimum atomic E-state index is -0.550. The summed E-state index contributed by atoms with van der Waals surface area (Å²) in [6, 6.07) is 7.08. The quantitative estimate of drug-likeness (QED) is 0.707. The maximum atomic E-state index is 13.1. The number of aromatic nitrogens is 1. The lowest BCUT2D eigenvalue weighted by Gasteiger charge is -2.11. The molecule has 1 amide bonds. The first-order valence-electron chi connectivity index (χ1n) is 9.28. The zero-order valence-corrected chi connectivity index (χ0v) is 15.9. The van der Waals surface area contributed by atoms with Crippen LogP contribution in [-0.4, -0.2) is 36.0 Å². The second-order valence-corrected chi connectivity index (χ2v) is 6.90. The molecule has 0 radical (unpaired) electrons. The van der Waals surface area contributed by atoms with E-state index in [1.54, 1.807) is 12.1 Å². The van der Waals surface area contributed by atoms with Gasteiger partial charge in [0, 0.05) is 31.8 Å². The van der Waals surface area contributed by atoms with E-state index in [2.05, 4.69) is 5.32 Å². The average Bonchev–Trinajstić information content (AvgIpc) is 3.42. The highest BCUT2D eigenvalue weighted by molar-refractivity contribution is 6.00. The van der Waals surface area contributed by atoms with Crippen molar-refractivity contribution in [2.45, 2.75) is 32.4 Å². The molecule has 2 atom stereocenters. The number of hydrogen-bond acceptors (Lipinski definition) is 4. The molecule has 7 heteroatoms. The van der Waals surface area contributed by atoms with Crippen LogP contribution >= 0.6 is 0 Å².